The molecular formula is C34H56I2N4O2. The van der Waals surface area contributed by atoms with Crippen LogP contribution in [0.3, 0.4) is 0 Å². The maximum atomic E-state index is 12.9. The highest BCUT2D eigenvalue weighted by Crippen LogP contribution is 2.14. The van der Waals surface area contributed by atoms with Crippen molar-refractivity contribution in [3.8, 4) is 0 Å². The van der Waals surface area contributed by atoms with E-state index in [2.05, 4.69) is 77.2 Å². The third kappa shape index (κ3) is 16.6. The van der Waals surface area contributed by atoms with Crippen molar-refractivity contribution in [2.24, 2.45) is 0 Å². The van der Waals surface area contributed by atoms with Crippen molar-refractivity contribution in [2.75, 3.05) is 55.4 Å². The van der Waals surface area contributed by atoms with Crippen molar-refractivity contribution < 1.29 is 66.5 Å². The minimum Gasteiger partial charge on any atom is -1.00 e. The van der Waals surface area contributed by atoms with E-state index in [9.17, 15) is 9.59 Å². The molecule has 6 nitrogen and oxygen atoms in total. The molecule has 2 aromatic rings. The maximum absolute atomic E-state index is 12.9. The molecule has 2 N–H and O–H groups in total. The molecule has 238 valence electrons. The number of carbonyl (C=O) groups is 2. The molecule has 0 aromatic heterocycles. The first kappa shape index (κ1) is 40.8. The lowest BCUT2D eigenvalue weighted by Crippen LogP contribution is -3.00. The van der Waals surface area contributed by atoms with Gasteiger partial charge in [0.25, 0.3) is 11.8 Å². The average Bonchev–Trinajstić information content (AvgIpc) is 2.90. The van der Waals surface area contributed by atoms with Gasteiger partial charge in [0, 0.05) is 25.9 Å². The van der Waals surface area contributed by atoms with Crippen molar-refractivity contribution in [2.45, 2.75) is 76.3 Å². The second kappa shape index (κ2) is 21.5. The number of benzene rings is 2. The van der Waals surface area contributed by atoms with Crippen LogP contribution in [0.1, 0.15) is 62.5 Å². The van der Waals surface area contributed by atoms with Gasteiger partial charge in [-0.15, -0.1) is 0 Å². The normalized spacial score (nSPS) is 12.8. The number of halogens is 2. The lowest BCUT2D eigenvalue weighted by atomic mass is 10.0. The van der Waals surface area contributed by atoms with Gasteiger partial charge in [0.05, 0.1) is 42.3 Å². The Morgan fingerprint density at radius 3 is 1.10 bits per heavy atom. The Labute approximate surface area is 290 Å². The van der Waals surface area contributed by atoms with E-state index < -0.39 is 0 Å². The predicted molar refractivity (Wildman–Crippen MR) is 167 cm³/mol. The molecule has 0 heterocycles. The van der Waals surface area contributed by atoms with Crippen LogP contribution in [-0.2, 0) is 22.4 Å². The number of amides is 2. The first-order chi connectivity index (χ1) is 19.0. The molecule has 0 radical (unpaired) electrons. The largest absolute Gasteiger partial charge is 1.00 e. The van der Waals surface area contributed by atoms with Crippen molar-refractivity contribution in [3.63, 3.8) is 0 Å². The predicted octanol–water partition coefficient (Wildman–Crippen LogP) is -1.02. The summed E-state index contributed by atoms with van der Waals surface area (Å²) in [6.45, 7) is 1.50. The lowest BCUT2D eigenvalue weighted by Gasteiger charge is -2.33. The second-order valence-electron chi connectivity index (χ2n) is 13.1. The molecule has 2 amide bonds. The van der Waals surface area contributed by atoms with Gasteiger partial charge in [-0.3, -0.25) is 9.59 Å². The summed E-state index contributed by atoms with van der Waals surface area (Å²) in [6, 6.07) is 20.4. The summed E-state index contributed by atoms with van der Waals surface area (Å²) in [6.07, 6.45) is 10.8. The smallest absolute Gasteiger partial charge is 0.278 e. The fourth-order valence-corrected chi connectivity index (χ4v) is 5.08. The van der Waals surface area contributed by atoms with E-state index in [1.165, 1.54) is 36.8 Å². The van der Waals surface area contributed by atoms with Crippen molar-refractivity contribution in [3.05, 3.63) is 71.8 Å². The quantitative estimate of drug-likeness (QED) is 0.109. The summed E-state index contributed by atoms with van der Waals surface area (Å²) in [5.74, 6) is 0.299. The molecule has 2 aromatic carbocycles. The van der Waals surface area contributed by atoms with Crippen molar-refractivity contribution in [1.29, 1.82) is 0 Å². The zero-order valence-corrected chi connectivity index (χ0v) is 31.2. The molecule has 0 aliphatic heterocycles. The van der Waals surface area contributed by atoms with Crippen LogP contribution < -0.4 is 58.6 Å². The Morgan fingerprint density at radius 2 is 0.810 bits per heavy atom. The maximum Gasteiger partial charge on any atom is 0.278 e. The van der Waals surface area contributed by atoms with Crippen LogP contribution >= 0.6 is 0 Å². The Morgan fingerprint density at radius 1 is 0.524 bits per heavy atom. The number of quaternary nitrogens is 2. The molecule has 0 unspecified atom stereocenters. The first-order valence-corrected chi connectivity index (χ1v) is 15.2. The fourth-order valence-electron chi connectivity index (χ4n) is 5.08. The Bertz CT molecular complexity index is 911. The molecule has 2 atom stereocenters. The van der Waals surface area contributed by atoms with E-state index in [4.69, 9.17) is 0 Å². The van der Waals surface area contributed by atoms with Crippen LogP contribution in [0, 0.1) is 0 Å². The molecule has 0 spiro atoms. The Hall–Kier alpha value is -1.24. The minimum atomic E-state index is -0.0885. The van der Waals surface area contributed by atoms with Crippen molar-refractivity contribution >= 4 is 11.8 Å². The van der Waals surface area contributed by atoms with Crippen LogP contribution in [0.2, 0.25) is 0 Å². The van der Waals surface area contributed by atoms with Crippen molar-refractivity contribution in [1.82, 2.24) is 10.6 Å². The summed E-state index contributed by atoms with van der Waals surface area (Å²) >= 11 is 0. The van der Waals surface area contributed by atoms with E-state index >= 15 is 0 Å². The van der Waals surface area contributed by atoms with Gasteiger partial charge in [-0.1, -0.05) is 99.2 Å². The third-order valence-corrected chi connectivity index (χ3v) is 7.72. The number of rotatable bonds is 19. The second-order valence-corrected chi connectivity index (χ2v) is 13.1. The SMILES string of the molecule is C[N+](C)(C)[C@@H](Cc1ccccc1)C(=O)NCCCCCCCCCCNC(=O)[C@H](Cc1ccccc1)[N+](C)(C)C.[I-].[I-]. The van der Waals surface area contributed by atoms with Crippen LogP contribution in [0.5, 0.6) is 0 Å². The number of hydrogen-bond donors (Lipinski definition) is 2. The molecule has 2 rings (SSSR count). The number of hydrogen-bond acceptors (Lipinski definition) is 2. The van der Waals surface area contributed by atoms with Gasteiger partial charge in [-0.2, -0.15) is 0 Å². The first-order valence-electron chi connectivity index (χ1n) is 15.2. The molecule has 42 heavy (non-hydrogen) atoms. The third-order valence-electron chi connectivity index (χ3n) is 7.72. The van der Waals surface area contributed by atoms with E-state index in [0.717, 1.165) is 51.6 Å². The lowest BCUT2D eigenvalue weighted by molar-refractivity contribution is -0.886. The van der Waals surface area contributed by atoms with Crippen LogP contribution in [0.25, 0.3) is 0 Å². The number of likely N-dealkylation sites (N-methyl/N-ethyl adjacent to an activating group) is 2. The van der Waals surface area contributed by atoms with Crippen LogP contribution in [-0.4, -0.2) is 88.2 Å². The van der Waals surface area contributed by atoms with E-state index in [1.54, 1.807) is 0 Å². The molecule has 0 bridgehead atoms. The number of unbranched alkanes of at least 4 members (excludes halogenated alkanes) is 7. The highest BCUT2D eigenvalue weighted by molar-refractivity contribution is 5.81. The van der Waals surface area contributed by atoms with E-state index in [1.807, 2.05) is 36.4 Å². The molecule has 0 saturated carbocycles. The molecule has 8 heteroatoms. The average molecular weight is 807 g/mol. The summed E-state index contributed by atoms with van der Waals surface area (Å²) in [5, 5.41) is 6.37. The number of nitrogens with zero attached hydrogens (tertiary/aromatic N) is 2. The minimum absolute atomic E-state index is 0. The Balaban J connectivity index is 0.00000840. The zero-order chi connectivity index (χ0) is 29.4. The molecule has 0 fully saturated rings. The molecule has 0 aliphatic rings. The van der Waals surface area contributed by atoms with Gasteiger partial charge in [-0.05, 0) is 24.0 Å². The van der Waals surface area contributed by atoms with Gasteiger partial charge < -0.3 is 67.6 Å². The molecular weight excluding hydrogens is 750 g/mol. The van der Waals surface area contributed by atoms with Gasteiger partial charge in [0.15, 0.2) is 12.1 Å². The number of carbonyl (C=O) groups excluding carboxylic acids is 2. The summed E-state index contributed by atoms with van der Waals surface area (Å²) in [5.41, 5.74) is 2.41. The van der Waals surface area contributed by atoms with E-state index in [0.29, 0.717) is 8.97 Å². The fraction of sp³-hybridized carbons (Fsp3) is 0.588. The van der Waals surface area contributed by atoms with Crippen LogP contribution in [0.15, 0.2) is 60.7 Å². The number of nitrogens with one attached hydrogen (secondary N) is 2. The Kier molecular flexibility index (Phi) is 20.8. The van der Waals surface area contributed by atoms with Gasteiger partial charge in [0.2, 0.25) is 0 Å². The van der Waals surface area contributed by atoms with Gasteiger partial charge >= 0.3 is 0 Å². The molecule has 0 aliphatic carbocycles. The topological polar surface area (TPSA) is 58.2 Å². The monoisotopic (exact) mass is 806 g/mol. The standard InChI is InChI=1S/C34H54N4O2.2HI/c1-37(2,3)31(27-29-21-15-13-16-22-29)33(39)35-25-19-11-9-7-8-10-12-20-26-36-34(40)32(38(4,5)6)28-30-23-17-14-18-24-30;;/h13-18,21-24,31-32H,7-12,19-20,25-28H2,1-6H3;2*1H/t31-,32-;;/m0../s1. The summed E-state index contributed by atoms with van der Waals surface area (Å²) in [7, 11) is 12.6. The molecule has 0 saturated heterocycles. The zero-order valence-electron chi connectivity index (χ0n) is 26.9. The summed E-state index contributed by atoms with van der Waals surface area (Å²) in [4.78, 5) is 25.8. The van der Waals surface area contributed by atoms with Gasteiger partial charge in [-0.25, -0.2) is 0 Å². The van der Waals surface area contributed by atoms with Crippen LogP contribution in [0.4, 0.5) is 0 Å². The van der Waals surface area contributed by atoms with Gasteiger partial charge in [0.1, 0.15) is 0 Å². The van der Waals surface area contributed by atoms with E-state index in [-0.39, 0.29) is 71.9 Å². The highest BCUT2D eigenvalue weighted by atomic mass is 127. The highest BCUT2D eigenvalue weighted by Gasteiger charge is 2.32. The summed E-state index contributed by atoms with van der Waals surface area (Å²) < 4.78 is 1.24.